The highest BCUT2D eigenvalue weighted by molar-refractivity contribution is 14.1. The maximum absolute atomic E-state index is 11.1. The number of alkyl halides is 1. The van der Waals surface area contributed by atoms with Crippen molar-refractivity contribution in [3.05, 3.63) is 36.5 Å². The van der Waals surface area contributed by atoms with Crippen molar-refractivity contribution in [2.75, 3.05) is 12.0 Å². The first-order valence-electron chi connectivity index (χ1n) is 4.92. The Morgan fingerprint density at radius 2 is 2.00 bits per heavy atom. The van der Waals surface area contributed by atoms with Crippen LogP contribution in [0.2, 0.25) is 0 Å². The van der Waals surface area contributed by atoms with Gasteiger partial charge >= 0.3 is 6.09 Å². The van der Waals surface area contributed by atoms with Crippen molar-refractivity contribution in [3.63, 3.8) is 0 Å². The van der Waals surface area contributed by atoms with Crippen molar-refractivity contribution in [1.29, 1.82) is 0 Å². The molecule has 1 aromatic carbocycles. The van der Waals surface area contributed by atoms with Gasteiger partial charge in [-0.3, -0.25) is 4.98 Å². The molecule has 0 unspecified atom stereocenters. The van der Waals surface area contributed by atoms with Gasteiger partial charge in [-0.25, -0.2) is 4.79 Å². The second-order valence-corrected chi connectivity index (χ2v) is 2.97. The molecule has 0 radical (unpaired) electrons. The molecule has 0 fully saturated rings. The molecule has 1 aromatic heterocycles. The van der Waals surface area contributed by atoms with E-state index in [0.29, 0.717) is 11.3 Å². The van der Waals surface area contributed by atoms with E-state index < -0.39 is 6.09 Å². The normalized spacial score (nSPS) is 9.12. The van der Waals surface area contributed by atoms with Gasteiger partial charge in [0.2, 0.25) is 0 Å². The third-order valence-electron chi connectivity index (χ3n) is 2.00. The summed E-state index contributed by atoms with van der Waals surface area (Å²) in [6.07, 6.45) is 1.17. The number of hydrogen-bond donors (Lipinski definition) is 1. The lowest BCUT2D eigenvalue weighted by Crippen LogP contribution is -2.22. The molecule has 1 amide bonds. The van der Waals surface area contributed by atoms with Crippen LogP contribution in [0.4, 0.5) is 4.79 Å². The van der Waals surface area contributed by atoms with Crippen LogP contribution in [-0.2, 0) is 0 Å². The van der Waals surface area contributed by atoms with Gasteiger partial charge in [0.05, 0.1) is 0 Å². The number of nitrogens with one attached hydrogen (secondary N) is 1. The fraction of sp³-hybridized carbons (Fsp3) is 0.167. The van der Waals surface area contributed by atoms with E-state index in [-0.39, 0.29) is 0 Å². The van der Waals surface area contributed by atoms with Crippen molar-refractivity contribution in [1.82, 2.24) is 10.3 Å². The first-order chi connectivity index (χ1) is 8.31. The van der Waals surface area contributed by atoms with Gasteiger partial charge in [-0.15, -0.1) is 0 Å². The van der Waals surface area contributed by atoms with Gasteiger partial charge < -0.3 is 10.1 Å². The molecule has 90 valence electrons. The number of ether oxygens (including phenoxy) is 1. The van der Waals surface area contributed by atoms with Crippen LogP contribution in [-0.4, -0.2) is 23.1 Å². The molecule has 0 aliphatic carbocycles. The second-order valence-electron chi connectivity index (χ2n) is 2.97. The molecular formula is C12H13IN2O2. The van der Waals surface area contributed by atoms with Crippen LogP contribution in [0.1, 0.15) is 0 Å². The average molecular weight is 344 g/mol. The van der Waals surface area contributed by atoms with Gasteiger partial charge in [0.1, 0.15) is 5.52 Å². The maximum atomic E-state index is 11.1. The molecule has 0 saturated heterocycles. The third kappa shape index (κ3) is 3.55. The van der Waals surface area contributed by atoms with Crippen molar-refractivity contribution in [3.8, 4) is 5.75 Å². The zero-order valence-electron chi connectivity index (χ0n) is 9.61. The number of benzene rings is 1. The van der Waals surface area contributed by atoms with Crippen LogP contribution in [0.5, 0.6) is 5.75 Å². The van der Waals surface area contributed by atoms with Crippen LogP contribution in [0.3, 0.4) is 0 Å². The molecule has 5 heteroatoms. The minimum Gasteiger partial charge on any atom is -0.408 e. The molecule has 0 aliphatic rings. The molecule has 17 heavy (non-hydrogen) atoms. The summed E-state index contributed by atoms with van der Waals surface area (Å²) in [6, 6.07) is 9.21. The van der Waals surface area contributed by atoms with Crippen LogP contribution in [0, 0.1) is 0 Å². The summed E-state index contributed by atoms with van der Waals surface area (Å²) >= 11 is 2.15. The van der Waals surface area contributed by atoms with Gasteiger partial charge in [0, 0.05) is 18.6 Å². The topological polar surface area (TPSA) is 51.2 Å². The van der Waals surface area contributed by atoms with Crippen LogP contribution < -0.4 is 10.1 Å². The summed E-state index contributed by atoms with van der Waals surface area (Å²) in [7, 11) is 1.51. The minimum absolute atomic E-state index is 0.465. The van der Waals surface area contributed by atoms with Crippen molar-refractivity contribution in [2.45, 2.75) is 0 Å². The zero-order valence-corrected chi connectivity index (χ0v) is 11.8. The smallest absolute Gasteiger partial charge is 0.408 e. The minimum atomic E-state index is -0.492. The number of para-hydroxylation sites is 1. The lowest BCUT2D eigenvalue weighted by molar-refractivity contribution is 0.203. The van der Waals surface area contributed by atoms with E-state index in [1.807, 2.05) is 29.2 Å². The fourth-order valence-electron chi connectivity index (χ4n) is 1.31. The Hall–Kier alpha value is -1.37. The monoisotopic (exact) mass is 344 g/mol. The predicted molar refractivity (Wildman–Crippen MR) is 76.8 cm³/mol. The highest BCUT2D eigenvalue weighted by Gasteiger charge is 2.06. The third-order valence-corrected chi connectivity index (χ3v) is 2.00. The molecule has 4 nitrogen and oxygen atoms in total. The molecule has 0 bridgehead atoms. The van der Waals surface area contributed by atoms with Crippen LogP contribution >= 0.6 is 22.6 Å². The Labute approximate surface area is 114 Å². The SMILES string of the molecule is CI.CNC(=O)Oc1cccc2cccnc12. The number of halogens is 1. The van der Waals surface area contributed by atoms with Gasteiger partial charge in [-0.1, -0.05) is 40.8 Å². The van der Waals surface area contributed by atoms with Gasteiger partial charge in [0.15, 0.2) is 5.75 Å². The van der Waals surface area contributed by atoms with E-state index in [9.17, 15) is 4.79 Å². The van der Waals surface area contributed by atoms with Crippen LogP contribution in [0.25, 0.3) is 10.9 Å². The van der Waals surface area contributed by atoms with Crippen molar-refractivity contribution in [2.24, 2.45) is 0 Å². The van der Waals surface area contributed by atoms with E-state index in [1.165, 1.54) is 7.05 Å². The van der Waals surface area contributed by atoms with E-state index >= 15 is 0 Å². The fourth-order valence-corrected chi connectivity index (χ4v) is 1.31. The number of amides is 1. The Balaban J connectivity index is 0.000000686. The van der Waals surface area contributed by atoms with Crippen molar-refractivity contribution >= 4 is 39.6 Å². The summed E-state index contributed by atoms with van der Waals surface area (Å²) in [5.41, 5.74) is 0.684. The predicted octanol–water partition coefficient (Wildman–Crippen LogP) is 3.00. The molecule has 1 N–H and O–H groups in total. The Morgan fingerprint density at radius 3 is 2.71 bits per heavy atom. The van der Waals surface area contributed by atoms with Crippen molar-refractivity contribution < 1.29 is 9.53 Å². The largest absolute Gasteiger partial charge is 0.412 e. The molecule has 2 rings (SSSR count). The second kappa shape index (κ2) is 7.05. The summed E-state index contributed by atoms with van der Waals surface area (Å²) in [5, 5.41) is 3.33. The number of carbonyl (C=O) groups excluding carboxylic acids is 1. The molecule has 0 saturated carbocycles. The average Bonchev–Trinajstić information content (AvgIpc) is 2.41. The van der Waals surface area contributed by atoms with Gasteiger partial charge in [0.25, 0.3) is 0 Å². The number of carbonyl (C=O) groups is 1. The number of hydrogen-bond acceptors (Lipinski definition) is 3. The summed E-state index contributed by atoms with van der Waals surface area (Å²) < 4.78 is 5.06. The van der Waals surface area contributed by atoms with Crippen LogP contribution in [0.15, 0.2) is 36.5 Å². The highest BCUT2D eigenvalue weighted by Crippen LogP contribution is 2.22. The molecule has 2 aromatic rings. The first-order valence-corrected chi connectivity index (χ1v) is 7.08. The number of rotatable bonds is 1. The summed E-state index contributed by atoms with van der Waals surface area (Å²) in [6.45, 7) is 0. The molecule has 0 spiro atoms. The molecular weight excluding hydrogens is 331 g/mol. The quantitative estimate of drug-likeness (QED) is 0.639. The summed E-state index contributed by atoms with van der Waals surface area (Å²) in [5.74, 6) is 0.465. The van der Waals surface area contributed by atoms with Gasteiger partial charge in [-0.2, -0.15) is 0 Å². The molecule has 1 heterocycles. The number of aromatic nitrogens is 1. The Morgan fingerprint density at radius 1 is 1.29 bits per heavy atom. The zero-order chi connectivity index (χ0) is 12.7. The maximum Gasteiger partial charge on any atom is 0.412 e. The molecule has 0 atom stereocenters. The van der Waals surface area contributed by atoms with E-state index in [2.05, 4.69) is 32.9 Å². The summed E-state index contributed by atoms with van der Waals surface area (Å²) in [4.78, 5) is 17.2. The van der Waals surface area contributed by atoms with Gasteiger partial charge in [-0.05, 0) is 17.1 Å². The lowest BCUT2D eigenvalue weighted by atomic mass is 10.2. The molecule has 0 aliphatic heterocycles. The Bertz CT molecular complexity index is 497. The number of nitrogens with zero attached hydrogens (tertiary/aromatic N) is 1. The first kappa shape index (κ1) is 13.7. The highest BCUT2D eigenvalue weighted by atomic mass is 127. The lowest BCUT2D eigenvalue weighted by Gasteiger charge is -2.05. The number of pyridine rings is 1. The Kier molecular flexibility index (Phi) is 5.68. The van der Waals surface area contributed by atoms with E-state index in [1.54, 1.807) is 12.3 Å². The standard InChI is InChI=1S/C11H10N2O2.CH3I/c1-12-11(14)15-9-6-2-4-8-5-3-7-13-10(8)9;1-2/h2-7H,1H3,(H,12,14);1H3. The van der Waals surface area contributed by atoms with E-state index in [4.69, 9.17) is 4.74 Å². The van der Waals surface area contributed by atoms with E-state index in [0.717, 1.165) is 5.39 Å². The number of fused-ring (bicyclic) bond motifs is 1.